The molecule has 2 nitrogen and oxygen atoms in total. The van der Waals surface area contributed by atoms with E-state index in [4.69, 9.17) is 0 Å². The van der Waals surface area contributed by atoms with E-state index in [0.717, 1.165) is 11.1 Å². The van der Waals surface area contributed by atoms with Gasteiger partial charge in [0.2, 0.25) is 0 Å². The topological polar surface area (TPSA) is 29.4 Å². The van der Waals surface area contributed by atoms with E-state index in [1.54, 1.807) is 0 Å². The van der Waals surface area contributed by atoms with Crippen LogP contribution in [0.4, 0.5) is 26.3 Å². The summed E-state index contributed by atoms with van der Waals surface area (Å²) in [7, 11) is 0. The molecule has 0 aliphatic heterocycles. The van der Waals surface area contributed by atoms with E-state index in [1.807, 2.05) is 24.3 Å². The normalized spacial score (nSPS) is 16.3. The number of hydrogen-bond acceptors (Lipinski definition) is 1. The number of amides is 1. The number of fused-ring (bicyclic) bond motifs is 1. The van der Waals surface area contributed by atoms with Gasteiger partial charge >= 0.3 is 12.4 Å². The average Bonchev–Trinajstić information content (AvgIpc) is 2.59. The molecule has 0 spiro atoms. The fraction of sp³-hybridized carbons (Fsp3) is 0.263. The third-order valence-corrected chi connectivity index (χ3v) is 4.29. The molecule has 8 heteroatoms. The van der Waals surface area contributed by atoms with Crippen molar-refractivity contribution in [3.63, 3.8) is 0 Å². The lowest BCUT2D eigenvalue weighted by Crippen LogP contribution is -2.16. The largest absolute Gasteiger partial charge is 0.416 e. The highest BCUT2D eigenvalue weighted by atomic mass is 19.4. The van der Waals surface area contributed by atoms with Crippen LogP contribution in [0.25, 0.3) is 0 Å². The smallest absolute Gasteiger partial charge is 0.267 e. The zero-order chi connectivity index (χ0) is 19.8. The fourth-order valence-corrected chi connectivity index (χ4v) is 2.94. The minimum Gasteiger partial charge on any atom is -0.267 e. The van der Waals surface area contributed by atoms with Crippen LogP contribution in [0.5, 0.6) is 0 Å². The van der Waals surface area contributed by atoms with Crippen LogP contribution >= 0.6 is 0 Å². The summed E-state index contributed by atoms with van der Waals surface area (Å²) in [6.45, 7) is 0. The number of nitrogens with zero attached hydrogens (tertiary/aromatic N) is 1. The van der Waals surface area contributed by atoms with Gasteiger partial charge in [-0.1, -0.05) is 24.3 Å². The molecule has 0 heterocycles. The fourth-order valence-electron chi connectivity index (χ4n) is 2.94. The minimum atomic E-state index is -5.01. The Bertz CT molecular complexity index is 879. The van der Waals surface area contributed by atoms with E-state index < -0.39 is 35.0 Å². The van der Waals surface area contributed by atoms with Crippen molar-refractivity contribution in [2.45, 2.75) is 31.6 Å². The molecule has 0 unspecified atom stereocenters. The van der Waals surface area contributed by atoms with Gasteiger partial charge in [-0.3, -0.25) is 4.79 Å². The van der Waals surface area contributed by atoms with E-state index in [1.165, 1.54) is 0 Å². The first-order valence-electron chi connectivity index (χ1n) is 8.01. The number of alkyl halides is 6. The van der Waals surface area contributed by atoms with E-state index in [9.17, 15) is 31.1 Å². The van der Waals surface area contributed by atoms with Gasteiger partial charge in [0.15, 0.2) is 0 Å². The molecule has 1 aliphatic rings. The van der Waals surface area contributed by atoms with Gasteiger partial charge in [0.1, 0.15) is 0 Å². The summed E-state index contributed by atoms with van der Waals surface area (Å²) in [5.74, 6) is -1.11. The second-order valence-corrected chi connectivity index (χ2v) is 6.22. The minimum absolute atomic E-state index is 0.0131. The van der Waals surface area contributed by atoms with Gasteiger partial charge in [0, 0.05) is 17.7 Å². The molecule has 0 fully saturated rings. The Morgan fingerprint density at radius 2 is 1.37 bits per heavy atom. The zero-order valence-electron chi connectivity index (χ0n) is 13.8. The monoisotopic (exact) mass is 385 g/mol. The van der Waals surface area contributed by atoms with Crippen LogP contribution in [0.2, 0.25) is 0 Å². The summed E-state index contributed by atoms with van der Waals surface area (Å²) < 4.78 is 77.5. The lowest BCUT2D eigenvalue weighted by atomic mass is 9.90. The second-order valence-electron chi connectivity index (χ2n) is 6.22. The number of carbonyl (C=O) groups is 1. The van der Waals surface area contributed by atoms with Crippen molar-refractivity contribution < 1.29 is 31.1 Å². The quantitative estimate of drug-likeness (QED) is 0.597. The Labute approximate surface area is 150 Å². The number of rotatable bonds is 1. The van der Waals surface area contributed by atoms with Crippen LogP contribution in [0.3, 0.4) is 0 Å². The van der Waals surface area contributed by atoms with Crippen molar-refractivity contribution in [3.8, 4) is 0 Å². The van der Waals surface area contributed by atoms with Crippen molar-refractivity contribution in [1.29, 1.82) is 0 Å². The Morgan fingerprint density at radius 3 is 1.93 bits per heavy atom. The Kier molecular flexibility index (Phi) is 4.84. The van der Waals surface area contributed by atoms with Gasteiger partial charge in [-0.15, -0.1) is 0 Å². The molecular formula is C19H13F6NO. The molecule has 0 saturated heterocycles. The SMILES string of the molecule is O=C(N=C1CCc2ccccc2C1)c1cc(C(F)(F)F)cc(C(F)(F)F)c1. The van der Waals surface area contributed by atoms with Gasteiger partial charge < -0.3 is 0 Å². The molecule has 3 rings (SSSR count). The van der Waals surface area contributed by atoms with E-state index in [0.29, 0.717) is 37.1 Å². The molecule has 0 saturated carbocycles. The molecule has 2 aromatic rings. The standard InChI is InChI=1S/C19H13F6NO/c20-18(21,22)14-7-13(8-15(10-14)19(23,24)25)17(27)26-16-6-5-11-3-1-2-4-12(11)9-16/h1-4,7-8,10H,5-6,9H2. The Balaban J connectivity index is 1.95. The van der Waals surface area contributed by atoms with Crippen LogP contribution in [0.1, 0.15) is 39.0 Å². The molecule has 1 aliphatic carbocycles. The third kappa shape index (κ3) is 4.37. The number of hydrogen-bond donors (Lipinski definition) is 0. The first kappa shape index (κ1) is 19.1. The van der Waals surface area contributed by atoms with Crippen LogP contribution in [-0.2, 0) is 25.2 Å². The zero-order valence-corrected chi connectivity index (χ0v) is 13.8. The van der Waals surface area contributed by atoms with Gasteiger partial charge in [-0.25, -0.2) is 4.99 Å². The van der Waals surface area contributed by atoms with Crippen molar-refractivity contribution in [3.05, 3.63) is 70.3 Å². The van der Waals surface area contributed by atoms with Crippen LogP contribution in [-0.4, -0.2) is 11.6 Å². The van der Waals surface area contributed by atoms with Crippen molar-refractivity contribution in [2.24, 2.45) is 4.99 Å². The maximum Gasteiger partial charge on any atom is 0.416 e. The predicted molar refractivity (Wildman–Crippen MR) is 86.7 cm³/mol. The average molecular weight is 385 g/mol. The van der Waals surface area contributed by atoms with E-state index >= 15 is 0 Å². The molecule has 1 amide bonds. The van der Waals surface area contributed by atoms with E-state index in [-0.39, 0.29) is 6.07 Å². The third-order valence-electron chi connectivity index (χ3n) is 4.29. The summed E-state index contributed by atoms with van der Waals surface area (Å²) in [5, 5.41) is 0. The van der Waals surface area contributed by atoms with Crippen LogP contribution < -0.4 is 0 Å². The Hall–Kier alpha value is -2.64. The van der Waals surface area contributed by atoms with Crippen molar-refractivity contribution in [2.75, 3.05) is 0 Å². The van der Waals surface area contributed by atoms with Gasteiger partial charge in [-0.05, 0) is 42.2 Å². The number of carbonyl (C=O) groups excluding carboxylic acids is 1. The maximum absolute atomic E-state index is 12.9. The van der Waals surface area contributed by atoms with Gasteiger partial charge in [0.25, 0.3) is 5.91 Å². The number of benzene rings is 2. The first-order chi connectivity index (χ1) is 12.5. The molecule has 0 N–H and O–H groups in total. The van der Waals surface area contributed by atoms with Crippen LogP contribution in [0.15, 0.2) is 47.5 Å². The summed E-state index contributed by atoms with van der Waals surface area (Å²) in [4.78, 5) is 16.1. The van der Waals surface area contributed by atoms with Crippen LogP contribution in [0, 0.1) is 0 Å². The Morgan fingerprint density at radius 1 is 0.815 bits per heavy atom. The predicted octanol–water partition coefficient (Wildman–Crippen LogP) is 5.49. The maximum atomic E-state index is 12.9. The molecule has 142 valence electrons. The molecule has 0 bridgehead atoms. The van der Waals surface area contributed by atoms with E-state index in [2.05, 4.69) is 4.99 Å². The molecule has 0 aromatic heterocycles. The summed E-state index contributed by atoms with van der Waals surface area (Å²) in [5.41, 5.74) is -1.34. The highest BCUT2D eigenvalue weighted by Crippen LogP contribution is 2.36. The molecule has 0 atom stereocenters. The summed E-state index contributed by atoms with van der Waals surface area (Å²) in [6, 6.07) is 8.24. The van der Waals surface area contributed by atoms with Gasteiger partial charge in [-0.2, -0.15) is 26.3 Å². The molecule has 2 aromatic carbocycles. The lowest BCUT2D eigenvalue weighted by molar-refractivity contribution is -0.143. The first-order valence-corrected chi connectivity index (χ1v) is 8.01. The highest BCUT2D eigenvalue weighted by molar-refractivity contribution is 6.05. The summed E-state index contributed by atoms with van der Waals surface area (Å²) >= 11 is 0. The lowest BCUT2D eigenvalue weighted by Gasteiger charge is -2.17. The molecule has 27 heavy (non-hydrogen) atoms. The molecule has 0 radical (unpaired) electrons. The molecular weight excluding hydrogens is 372 g/mol. The van der Waals surface area contributed by atoms with Crippen molar-refractivity contribution in [1.82, 2.24) is 0 Å². The van der Waals surface area contributed by atoms with Crippen molar-refractivity contribution >= 4 is 11.6 Å². The highest BCUT2D eigenvalue weighted by Gasteiger charge is 2.37. The van der Waals surface area contributed by atoms with Gasteiger partial charge in [0.05, 0.1) is 11.1 Å². The summed E-state index contributed by atoms with van der Waals surface area (Å²) in [6.07, 6.45) is -8.64. The number of halogens is 6. The number of aryl methyl sites for hydroxylation is 1. The number of aliphatic imine (C=N–C) groups is 1. The second kappa shape index (κ2) is 6.83.